The van der Waals surface area contributed by atoms with Crippen LogP contribution >= 0.6 is 0 Å². The van der Waals surface area contributed by atoms with Crippen LogP contribution in [0.2, 0.25) is 0 Å². The lowest BCUT2D eigenvalue weighted by molar-refractivity contribution is -0.156. The van der Waals surface area contributed by atoms with Crippen molar-refractivity contribution in [2.75, 3.05) is 26.7 Å². The Morgan fingerprint density at radius 3 is 2.30 bits per heavy atom. The summed E-state index contributed by atoms with van der Waals surface area (Å²) in [6, 6.07) is -0.569. The molecule has 1 atom stereocenters. The lowest BCUT2D eigenvalue weighted by Gasteiger charge is -2.31. The minimum absolute atomic E-state index is 0.0266. The number of hydrogen-bond acceptors (Lipinski definition) is 4. The summed E-state index contributed by atoms with van der Waals surface area (Å²) in [5.74, 6) is -1.88. The molecule has 0 radical (unpaired) electrons. The Morgan fingerprint density at radius 1 is 1.20 bits per heavy atom. The number of nitrogens with one attached hydrogen (secondary N) is 1. The zero-order chi connectivity index (χ0) is 15.4. The highest BCUT2D eigenvalue weighted by Gasteiger charge is 2.32. The maximum absolute atomic E-state index is 11.9. The number of piperazine rings is 1. The first kappa shape index (κ1) is 16.1. The van der Waals surface area contributed by atoms with Gasteiger partial charge in [-0.2, -0.15) is 0 Å². The first-order valence-electron chi connectivity index (χ1n) is 6.58. The van der Waals surface area contributed by atoms with E-state index in [-0.39, 0.29) is 18.2 Å². The normalized spacial score (nSPS) is 17.4. The summed E-state index contributed by atoms with van der Waals surface area (Å²) in [7, 11) is 1.54. The van der Waals surface area contributed by atoms with Gasteiger partial charge in [-0.15, -0.1) is 0 Å². The summed E-state index contributed by atoms with van der Waals surface area (Å²) in [5.41, 5.74) is 0. The van der Waals surface area contributed by atoms with E-state index in [2.05, 4.69) is 5.32 Å². The predicted molar refractivity (Wildman–Crippen MR) is 71.7 cm³/mol. The standard InChI is InChI=1S/C13H21N3O4/c1-8(2)11(9(3)17)14-10(18)7-16-6-5-15(4)12(19)13(16)20/h8,11H,5-7H2,1-4H3,(H,14,18). The fraction of sp³-hybridized carbons (Fsp3) is 0.692. The summed E-state index contributed by atoms with van der Waals surface area (Å²) in [6.07, 6.45) is 0. The Kier molecular flexibility index (Phi) is 5.24. The van der Waals surface area contributed by atoms with Gasteiger partial charge in [-0.3, -0.25) is 19.2 Å². The molecule has 1 aliphatic heterocycles. The molecule has 0 aromatic carbocycles. The van der Waals surface area contributed by atoms with Crippen molar-refractivity contribution in [2.45, 2.75) is 26.8 Å². The van der Waals surface area contributed by atoms with Crippen molar-refractivity contribution in [3.05, 3.63) is 0 Å². The largest absolute Gasteiger partial charge is 0.345 e. The van der Waals surface area contributed by atoms with E-state index in [1.165, 1.54) is 16.7 Å². The predicted octanol–water partition coefficient (Wildman–Crippen LogP) is -0.983. The highest BCUT2D eigenvalue weighted by Crippen LogP contribution is 2.05. The molecular weight excluding hydrogens is 262 g/mol. The van der Waals surface area contributed by atoms with Gasteiger partial charge >= 0.3 is 11.8 Å². The summed E-state index contributed by atoms with van der Waals surface area (Å²) in [6.45, 7) is 5.59. The van der Waals surface area contributed by atoms with Crippen LogP contribution in [0.5, 0.6) is 0 Å². The number of rotatable bonds is 5. The lowest BCUT2D eigenvalue weighted by atomic mass is 10.0. The summed E-state index contributed by atoms with van der Waals surface area (Å²) in [5, 5.41) is 2.60. The monoisotopic (exact) mass is 283 g/mol. The Balaban J connectivity index is 2.60. The zero-order valence-corrected chi connectivity index (χ0v) is 12.3. The molecule has 112 valence electrons. The molecule has 1 saturated heterocycles. The average molecular weight is 283 g/mol. The van der Waals surface area contributed by atoms with Crippen LogP contribution in [0.3, 0.4) is 0 Å². The van der Waals surface area contributed by atoms with Gasteiger partial charge in [-0.25, -0.2) is 0 Å². The van der Waals surface area contributed by atoms with E-state index in [1.807, 2.05) is 13.8 Å². The van der Waals surface area contributed by atoms with Gasteiger partial charge in [0.2, 0.25) is 5.91 Å². The van der Waals surface area contributed by atoms with Crippen molar-refractivity contribution >= 4 is 23.5 Å². The van der Waals surface area contributed by atoms with E-state index in [1.54, 1.807) is 7.05 Å². The summed E-state index contributed by atoms with van der Waals surface area (Å²) >= 11 is 0. The van der Waals surface area contributed by atoms with Crippen molar-refractivity contribution in [3.63, 3.8) is 0 Å². The molecule has 1 rings (SSSR count). The van der Waals surface area contributed by atoms with Crippen molar-refractivity contribution in [1.82, 2.24) is 15.1 Å². The molecule has 1 N–H and O–H groups in total. The number of carbonyl (C=O) groups excluding carboxylic acids is 4. The third kappa shape index (κ3) is 3.79. The van der Waals surface area contributed by atoms with E-state index in [9.17, 15) is 19.2 Å². The Hall–Kier alpha value is -1.92. The zero-order valence-electron chi connectivity index (χ0n) is 12.3. The lowest BCUT2D eigenvalue weighted by Crippen LogP contribution is -2.56. The van der Waals surface area contributed by atoms with E-state index < -0.39 is 23.8 Å². The fourth-order valence-electron chi connectivity index (χ4n) is 2.05. The Labute approximate surface area is 118 Å². The molecular formula is C13H21N3O4. The third-order valence-electron chi connectivity index (χ3n) is 3.28. The second-order valence-electron chi connectivity index (χ2n) is 5.35. The van der Waals surface area contributed by atoms with Gasteiger partial charge in [0.25, 0.3) is 0 Å². The second-order valence-corrected chi connectivity index (χ2v) is 5.35. The van der Waals surface area contributed by atoms with Crippen LogP contribution in [0.25, 0.3) is 0 Å². The molecule has 1 fully saturated rings. The number of likely N-dealkylation sites (N-methyl/N-ethyl adjacent to an activating group) is 1. The Morgan fingerprint density at radius 2 is 1.80 bits per heavy atom. The molecule has 20 heavy (non-hydrogen) atoms. The molecule has 0 bridgehead atoms. The summed E-state index contributed by atoms with van der Waals surface area (Å²) < 4.78 is 0. The fourth-order valence-corrected chi connectivity index (χ4v) is 2.05. The van der Waals surface area contributed by atoms with Crippen LogP contribution in [0.4, 0.5) is 0 Å². The second kappa shape index (κ2) is 6.49. The van der Waals surface area contributed by atoms with Crippen LogP contribution in [-0.4, -0.2) is 66.0 Å². The number of carbonyl (C=O) groups is 4. The number of amides is 3. The molecule has 7 nitrogen and oxygen atoms in total. The van der Waals surface area contributed by atoms with Crippen molar-refractivity contribution < 1.29 is 19.2 Å². The SMILES string of the molecule is CC(=O)C(NC(=O)CN1CCN(C)C(=O)C1=O)C(C)C. The van der Waals surface area contributed by atoms with E-state index in [0.717, 1.165) is 0 Å². The smallest absolute Gasteiger partial charge is 0.312 e. The van der Waals surface area contributed by atoms with Gasteiger partial charge in [0.1, 0.15) is 6.54 Å². The number of ketones is 1. The van der Waals surface area contributed by atoms with E-state index in [0.29, 0.717) is 13.1 Å². The van der Waals surface area contributed by atoms with Crippen molar-refractivity contribution in [1.29, 1.82) is 0 Å². The highest BCUT2D eigenvalue weighted by molar-refractivity contribution is 6.35. The third-order valence-corrected chi connectivity index (χ3v) is 3.28. The number of nitrogens with zero attached hydrogens (tertiary/aromatic N) is 2. The molecule has 0 aromatic rings. The average Bonchev–Trinajstić information content (AvgIpc) is 2.36. The van der Waals surface area contributed by atoms with Crippen LogP contribution in [-0.2, 0) is 19.2 Å². The molecule has 1 heterocycles. The molecule has 7 heteroatoms. The molecule has 1 aliphatic rings. The van der Waals surface area contributed by atoms with E-state index >= 15 is 0 Å². The number of Topliss-reactive ketones (excluding diaryl/α,β-unsaturated/α-hetero) is 1. The van der Waals surface area contributed by atoms with E-state index in [4.69, 9.17) is 0 Å². The van der Waals surface area contributed by atoms with Crippen molar-refractivity contribution in [3.8, 4) is 0 Å². The van der Waals surface area contributed by atoms with Crippen LogP contribution in [0, 0.1) is 5.92 Å². The summed E-state index contributed by atoms with van der Waals surface area (Å²) in [4.78, 5) is 49.0. The molecule has 0 saturated carbocycles. The maximum atomic E-state index is 11.9. The quantitative estimate of drug-likeness (QED) is 0.657. The van der Waals surface area contributed by atoms with Crippen molar-refractivity contribution in [2.24, 2.45) is 5.92 Å². The molecule has 0 aliphatic carbocycles. The van der Waals surface area contributed by atoms with Gasteiger partial charge in [0, 0.05) is 20.1 Å². The first-order valence-corrected chi connectivity index (χ1v) is 6.58. The van der Waals surface area contributed by atoms with Gasteiger partial charge in [0.05, 0.1) is 6.04 Å². The highest BCUT2D eigenvalue weighted by atomic mass is 16.2. The minimum atomic E-state index is -0.683. The van der Waals surface area contributed by atoms with Crippen LogP contribution in [0.1, 0.15) is 20.8 Å². The minimum Gasteiger partial charge on any atom is -0.345 e. The molecule has 0 spiro atoms. The topological polar surface area (TPSA) is 86.8 Å². The molecule has 3 amide bonds. The van der Waals surface area contributed by atoms with Gasteiger partial charge in [0.15, 0.2) is 5.78 Å². The maximum Gasteiger partial charge on any atom is 0.312 e. The number of hydrogen-bond donors (Lipinski definition) is 1. The molecule has 1 unspecified atom stereocenters. The van der Waals surface area contributed by atoms with Gasteiger partial charge < -0.3 is 15.1 Å². The van der Waals surface area contributed by atoms with Crippen LogP contribution in [0.15, 0.2) is 0 Å². The molecule has 0 aromatic heterocycles. The van der Waals surface area contributed by atoms with Crippen LogP contribution < -0.4 is 5.32 Å². The Bertz CT molecular complexity index is 433. The van der Waals surface area contributed by atoms with Gasteiger partial charge in [-0.05, 0) is 12.8 Å². The van der Waals surface area contributed by atoms with Gasteiger partial charge in [-0.1, -0.05) is 13.8 Å². The first-order chi connectivity index (χ1) is 9.23.